The van der Waals surface area contributed by atoms with Crippen molar-refractivity contribution in [3.63, 3.8) is 0 Å². The van der Waals surface area contributed by atoms with E-state index in [1.54, 1.807) is 30.0 Å². The van der Waals surface area contributed by atoms with Crippen molar-refractivity contribution in [3.8, 4) is 0 Å². The molecule has 0 aliphatic rings. The van der Waals surface area contributed by atoms with Gasteiger partial charge in [-0.2, -0.15) is 0 Å². The van der Waals surface area contributed by atoms with Crippen LogP contribution in [0, 0.1) is 0 Å². The number of thioether (sulfide) groups is 1. The summed E-state index contributed by atoms with van der Waals surface area (Å²) in [5.74, 6) is -0.156. The van der Waals surface area contributed by atoms with Gasteiger partial charge in [-0.3, -0.25) is 0 Å². The van der Waals surface area contributed by atoms with Crippen LogP contribution in [0.5, 0.6) is 0 Å². The summed E-state index contributed by atoms with van der Waals surface area (Å²) in [6.45, 7) is 0. The highest BCUT2D eigenvalue weighted by atomic mass is 79.9. The number of carboxylic acid groups (broad SMARTS) is 1. The van der Waals surface area contributed by atoms with Crippen LogP contribution in [0.1, 0.15) is 15.9 Å². The molecule has 2 nitrogen and oxygen atoms in total. The minimum absolute atomic E-state index is 0.306. The number of carboxylic acids is 1. The zero-order valence-electron chi connectivity index (χ0n) is 9.77. The summed E-state index contributed by atoms with van der Waals surface area (Å²) < 4.78 is 0.960. The molecular formula is C14H10BrClO2S. The molecule has 2 rings (SSSR count). The van der Waals surface area contributed by atoms with Crippen molar-refractivity contribution in [3.05, 3.63) is 63.1 Å². The molecule has 0 aliphatic carbocycles. The molecule has 0 saturated heterocycles. The second-order valence-electron chi connectivity index (χ2n) is 3.86. The Morgan fingerprint density at radius 2 is 2.05 bits per heavy atom. The first-order chi connectivity index (χ1) is 9.06. The van der Waals surface area contributed by atoms with E-state index in [1.165, 1.54) is 0 Å². The lowest BCUT2D eigenvalue weighted by atomic mass is 10.2. The molecule has 0 aromatic heterocycles. The minimum atomic E-state index is -0.907. The number of carbonyl (C=O) groups is 1. The van der Waals surface area contributed by atoms with E-state index >= 15 is 0 Å². The second kappa shape index (κ2) is 6.46. The molecule has 0 bridgehead atoms. The number of rotatable bonds is 4. The van der Waals surface area contributed by atoms with Gasteiger partial charge in [0.25, 0.3) is 0 Å². The molecule has 0 aliphatic heterocycles. The minimum Gasteiger partial charge on any atom is -0.478 e. The third kappa shape index (κ3) is 4.00. The molecule has 0 fully saturated rings. The lowest BCUT2D eigenvalue weighted by molar-refractivity contribution is 0.0696. The van der Waals surface area contributed by atoms with Crippen LogP contribution in [-0.4, -0.2) is 11.1 Å². The lowest BCUT2D eigenvalue weighted by Gasteiger charge is -2.06. The van der Waals surface area contributed by atoms with Gasteiger partial charge in [-0.05, 0) is 35.9 Å². The highest BCUT2D eigenvalue weighted by Gasteiger charge is 2.05. The SMILES string of the molecule is O=C(O)c1cccc(SCc2ccc(Cl)cc2Br)c1. The molecule has 5 heteroatoms. The number of hydrogen-bond donors (Lipinski definition) is 1. The summed E-state index contributed by atoms with van der Waals surface area (Å²) in [5, 5.41) is 9.63. The van der Waals surface area contributed by atoms with Crippen molar-refractivity contribution < 1.29 is 9.90 Å². The highest BCUT2D eigenvalue weighted by molar-refractivity contribution is 9.10. The molecule has 0 amide bonds. The Bertz CT molecular complexity index is 616. The van der Waals surface area contributed by atoms with Crippen molar-refractivity contribution in [1.82, 2.24) is 0 Å². The topological polar surface area (TPSA) is 37.3 Å². The largest absolute Gasteiger partial charge is 0.478 e. The van der Waals surface area contributed by atoms with Gasteiger partial charge in [0, 0.05) is 20.1 Å². The first-order valence-electron chi connectivity index (χ1n) is 5.46. The Balaban J connectivity index is 2.10. The van der Waals surface area contributed by atoms with E-state index in [0.29, 0.717) is 10.6 Å². The van der Waals surface area contributed by atoms with Crippen LogP contribution < -0.4 is 0 Å². The summed E-state index contributed by atoms with van der Waals surface area (Å²) in [6.07, 6.45) is 0. The third-order valence-corrected chi connectivity index (χ3v) is 4.51. The predicted octanol–water partition coefficient (Wildman–Crippen LogP) is 5.09. The van der Waals surface area contributed by atoms with E-state index in [1.807, 2.05) is 24.3 Å². The molecule has 0 radical (unpaired) electrons. The highest BCUT2D eigenvalue weighted by Crippen LogP contribution is 2.29. The smallest absolute Gasteiger partial charge is 0.335 e. The number of halogens is 2. The molecule has 2 aromatic rings. The van der Waals surface area contributed by atoms with Crippen LogP contribution in [0.25, 0.3) is 0 Å². The van der Waals surface area contributed by atoms with E-state index in [9.17, 15) is 4.79 Å². The van der Waals surface area contributed by atoms with Crippen molar-refractivity contribution in [2.75, 3.05) is 0 Å². The average molecular weight is 358 g/mol. The Kier molecular flexibility index (Phi) is 4.91. The third-order valence-electron chi connectivity index (χ3n) is 2.49. The molecule has 19 heavy (non-hydrogen) atoms. The maximum atomic E-state index is 10.9. The van der Waals surface area contributed by atoms with Gasteiger partial charge in [0.2, 0.25) is 0 Å². The zero-order chi connectivity index (χ0) is 13.8. The Labute approximate surface area is 128 Å². The van der Waals surface area contributed by atoms with Crippen LogP contribution in [0.15, 0.2) is 51.8 Å². The van der Waals surface area contributed by atoms with Crippen LogP contribution >= 0.6 is 39.3 Å². The molecule has 0 heterocycles. The van der Waals surface area contributed by atoms with E-state index in [-0.39, 0.29) is 0 Å². The van der Waals surface area contributed by atoms with E-state index in [0.717, 1.165) is 20.7 Å². The summed E-state index contributed by atoms with van der Waals surface area (Å²) >= 11 is 10.9. The summed E-state index contributed by atoms with van der Waals surface area (Å²) in [4.78, 5) is 11.8. The quantitative estimate of drug-likeness (QED) is 0.774. The predicted molar refractivity (Wildman–Crippen MR) is 82.1 cm³/mol. The fourth-order valence-electron chi connectivity index (χ4n) is 1.52. The van der Waals surface area contributed by atoms with E-state index < -0.39 is 5.97 Å². The van der Waals surface area contributed by atoms with Crippen LogP contribution in [0.2, 0.25) is 5.02 Å². The van der Waals surface area contributed by atoms with Crippen LogP contribution in [0.3, 0.4) is 0 Å². The first-order valence-corrected chi connectivity index (χ1v) is 7.62. The van der Waals surface area contributed by atoms with Gasteiger partial charge in [0.15, 0.2) is 0 Å². The van der Waals surface area contributed by atoms with Crippen molar-refractivity contribution in [2.45, 2.75) is 10.6 Å². The van der Waals surface area contributed by atoms with E-state index in [4.69, 9.17) is 16.7 Å². The standard InChI is InChI=1S/C14H10BrClO2S/c15-13-7-11(16)5-4-10(13)8-19-12-3-1-2-9(6-12)14(17)18/h1-7H,8H2,(H,17,18). The van der Waals surface area contributed by atoms with Gasteiger partial charge in [-0.15, -0.1) is 11.8 Å². The normalized spacial score (nSPS) is 10.4. The molecular weight excluding hydrogens is 348 g/mol. The van der Waals surface area contributed by atoms with Gasteiger partial charge >= 0.3 is 5.97 Å². The molecule has 0 unspecified atom stereocenters. The van der Waals surface area contributed by atoms with Gasteiger partial charge in [0.05, 0.1) is 5.56 Å². The molecule has 2 aromatic carbocycles. The molecule has 98 valence electrons. The fraction of sp³-hybridized carbons (Fsp3) is 0.0714. The lowest BCUT2D eigenvalue weighted by Crippen LogP contribution is -1.95. The molecule has 0 spiro atoms. The van der Waals surface area contributed by atoms with Crippen molar-refractivity contribution in [1.29, 1.82) is 0 Å². The van der Waals surface area contributed by atoms with Crippen LogP contribution in [-0.2, 0) is 5.75 Å². The molecule has 0 atom stereocenters. The van der Waals surface area contributed by atoms with Crippen LogP contribution in [0.4, 0.5) is 0 Å². The maximum absolute atomic E-state index is 10.9. The Morgan fingerprint density at radius 3 is 2.74 bits per heavy atom. The molecule has 0 saturated carbocycles. The number of hydrogen-bond acceptors (Lipinski definition) is 2. The Hall–Kier alpha value is -0.970. The Morgan fingerprint density at radius 1 is 1.26 bits per heavy atom. The zero-order valence-corrected chi connectivity index (χ0v) is 12.9. The molecule has 1 N–H and O–H groups in total. The number of benzene rings is 2. The maximum Gasteiger partial charge on any atom is 0.335 e. The first kappa shape index (κ1) is 14.4. The number of aromatic carboxylic acids is 1. The van der Waals surface area contributed by atoms with Gasteiger partial charge in [0.1, 0.15) is 0 Å². The summed E-state index contributed by atoms with van der Waals surface area (Å²) in [7, 11) is 0. The van der Waals surface area contributed by atoms with Gasteiger partial charge in [-0.1, -0.05) is 39.7 Å². The van der Waals surface area contributed by atoms with E-state index in [2.05, 4.69) is 15.9 Å². The summed E-state index contributed by atoms with van der Waals surface area (Å²) in [5.41, 5.74) is 1.43. The summed E-state index contributed by atoms with van der Waals surface area (Å²) in [6, 6.07) is 12.6. The average Bonchev–Trinajstić information content (AvgIpc) is 2.38. The van der Waals surface area contributed by atoms with Crippen molar-refractivity contribution >= 4 is 45.3 Å². The monoisotopic (exact) mass is 356 g/mol. The van der Waals surface area contributed by atoms with Gasteiger partial charge < -0.3 is 5.11 Å². The van der Waals surface area contributed by atoms with Crippen molar-refractivity contribution in [2.24, 2.45) is 0 Å². The second-order valence-corrected chi connectivity index (χ2v) is 6.20. The fourth-order valence-corrected chi connectivity index (χ4v) is 3.49. The van der Waals surface area contributed by atoms with Gasteiger partial charge in [-0.25, -0.2) is 4.79 Å².